The molecule has 0 bridgehead atoms. The minimum atomic E-state index is -4.30. The fourth-order valence-electron chi connectivity index (χ4n) is 1.31. The minimum Gasteiger partial charge on any atom is -0.261 e. The zero-order valence-corrected chi connectivity index (χ0v) is 9.89. The molecule has 1 heterocycles. The molecule has 1 rings (SSSR count). The third kappa shape index (κ3) is 2.97. The zero-order chi connectivity index (χ0) is 12.6. The molecule has 0 saturated carbocycles. The Balaban J connectivity index is 3.09. The molecule has 0 fully saturated rings. The minimum absolute atomic E-state index is 0.0187. The van der Waals surface area contributed by atoms with E-state index in [1.54, 1.807) is 0 Å². The molecule has 1 aromatic rings. The van der Waals surface area contributed by atoms with Gasteiger partial charge in [-0.05, 0) is 17.5 Å². The van der Waals surface area contributed by atoms with Gasteiger partial charge in [0.15, 0.2) is 0 Å². The van der Waals surface area contributed by atoms with Gasteiger partial charge in [-0.1, -0.05) is 27.7 Å². The second-order valence-electron chi connectivity index (χ2n) is 5.05. The van der Waals surface area contributed by atoms with Crippen molar-refractivity contribution in [3.8, 4) is 0 Å². The zero-order valence-electron chi connectivity index (χ0n) is 9.89. The van der Waals surface area contributed by atoms with E-state index < -0.39 is 11.7 Å². The van der Waals surface area contributed by atoms with Gasteiger partial charge in [-0.2, -0.15) is 13.2 Å². The lowest BCUT2D eigenvalue weighted by molar-refractivity contribution is -0.137. The van der Waals surface area contributed by atoms with Gasteiger partial charge in [0.1, 0.15) is 0 Å². The molecular weight excluding hydrogens is 215 g/mol. The Hall–Kier alpha value is -1.06. The summed E-state index contributed by atoms with van der Waals surface area (Å²) in [5, 5.41) is 0. The molecule has 0 aromatic carbocycles. The van der Waals surface area contributed by atoms with Crippen LogP contribution in [0.15, 0.2) is 18.3 Å². The summed E-state index contributed by atoms with van der Waals surface area (Å²) in [6, 6.07) is 2.13. The highest BCUT2D eigenvalue weighted by atomic mass is 19.4. The summed E-state index contributed by atoms with van der Waals surface area (Å²) in [5.74, 6) is -0.0187. The molecule has 1 aromatic heterocycles. The highest BCUT2D eigenvalue weighted by molar-refractivity contribution is 5.22. The normalized spacial score (nSPS) is 14.9. The van der Waals surface area contributed by atoms with Gasteiger partial charge in [0.25, 0.3) is 0 Å². The molecule has 1 unspecified atom stereocenters. The number of hydrogen-bond donors (Lipinski definition) is 0. The van der Waals surface area contributed by atoms with Crippen LogP contribution in [0.1, 0.15) is 44.9 Å². The fourth-order valence-corrected chi connectivity index (χ4v) is 1.31. The van der Waals surface area contributed by atoms with Crippen LogP contribution in [-0.4, -0.2) is 4.98 Å². The van der Waals surface area contributed by atoms with Crippen LogP contribution in [-0.2, 0) is 6.18 Å². The molecule has 0 spiro atoms. The Morgan fingerprint density at radius 2 is 1.75 bits per heavy atom. The van der Waals surface area contributed by atoms with E-state index >= 15 is 0 Å². The molecule has 0 N–H and O–H groups in total. The maximum atomic E-state index is 12.5. The molecule has 0 saturated heterocycles. The van der Waals surface area contributed by atoms with Crippen LogP contribution in [0.2, 0.25) is 0 Å². The van der Waals surface area contributed by atoms with Crippen LogP contribution < -0.4 is 0 Å². The molecule has 16 heavy (non-hydrogen) atoms. The average Bonchev–Trinajstić information content (AvgIpc) is 2.14. The number of halogens is 3. The Kier molecular flexibility index (Phi) is 3.31. The molecule has 90 valence electrons. The lowest BCUT2D eigenvalue weighted by Crippen LogP contribution is -2.17. The molecule has 4 heteroatoms. The topological polar surface area (TPSA) is 12.9 Å². The summed E-state index contributed by atoms with van der Waals surface area (Å²) in [6.07, 6.45) is -3.07. The van der Waals surface area contributed by atoms with E-state index in [1.807, 2.05) is 27.7 Å². The molecule has 1 atom stereocenters. The predicted octanol–water partition coefficient (Wildman–Crippen LogP) is 4.25. The van der Waals surface area contributed by atoms with E-state index in [0.717, 1.165) is 12.1 Å². The summed E-state index contributed by atoms with van der Waals surface area (Å²) in [7, 11) is 0. The second-order valence-corrected chi connectivity index (χ2v) is 5.05. The maximum Gasteiger partial charge on any atom is 0.416 e. The second kappa shape index (κ2) is 4.07. The van der Waals surface area contributed by atoms with Gasteiger partial charge in [-0.15, -0.1) is 0 Å². The van der Waals surface area contributed by atoms with Gasteiger partial charge in [-0.3, -0.25) is 4.98 Å². The van der Waals surface area contributed by atoms with Crippen LogP contribution in [0.3, 0.4) is 0 Å². The first-order valence-corrected chi connectivity index (χ1v) is 5.15. The van der Waals surface area contributed by atoms with E-state index in [9.17, 15) is 13.2 Å². The van der Waals surface area contributed by atoms with Crippen molar-refractivity contribution >= 4 is 0 Å². The Labute approximate surface area is 93.7 Å². The Morgan fingerprint density at radius 3 is 2.19 bits per heavy atom. The fraction of sp³-hybridized carbons (Fsp3) is 0.583. The van der Waals surface area contributed by atoms with Crippen molar-refractivity contribution in [1.82, 2.24) is 4.98 Å². The highest BCUT2D eigenvalue weighted by Crippen LogP contribution is 2.36. The van der Waals surface area contributed by atoms with Gasteiger partial charge in [0.2, 0.25) is 0 Å². The van der Waals surface area contributed by atoms with Crippen molar-refractivity contribution in [1.29, 1.82) is 0 Å². The Morgan fingerprint density at radius 1 is 1.19 bits per heavy atom. The SMILES string of the molecule is CC(c1cc(C(F)(F)F)ccn1)C(C)(C)C. The van der Waals surface area contributed by atoms with E-state index in [-0.39, 0.29) is 11.3 Å². The molecule has 0 aliphatic heterocycles. The van der Waals surface area contributed by atoms with Gasteiger partial charge in [0, 0.05) is 17.8 Å². The largest absolute Gasteiger partial charge is 0.416 e. The van der Waals surface area contributed by atoms with Crippen LogP contribution >= 0.6 is 0 Å². The Bertz CT molecular complexity index is 363. The van der Waals surface area contributed by atoms with Gasteiger partial charge < -0.3 is 0 Å². The number of pyridine rings is 1. The van der Waals surface area contributed by atoms with Crippen molar-refractivity contribution in [2.24, 2.45) is 5.41 Å². The smallest absolute Gasteiger partial charge is 0.261 e. The summed E-state index contributed by atoms with van der Waals surface area (Å²) >= 11 is 0. The van der Waals surface area contributed by atoms with Crippen molar-refractivity contribution < 1.29 is 13.2 Å². The summed E-state index contributed by atoms with van der Waals surface area (Å²) in [4.78, 5) is 4.02. The highest BCUT2D eigenvalue weighted by Gasteiger charge is 2.32. The number of alkyl halides is 3. The summed E-state index contributed by atoms with van der Waals surface area (Å²) < 4.78 is 37.5. The van der Waals surface area contributed by atoms with Crippen molar-refractivity contribution in [2.45, 2.75) is 39.8 Å². The number of hydrogen-bond acceptors (Lipinski definition) is 1. The summed E-state index contributed by atoms with van der Waals surface area (Å²) in [6.45, 7) is 7.85. The first-order valence-electron chi connectivity index (χ1n) is 5.15. The predicted molar refractivity (Wildman–Crippen MR) is 57.1 cm³/mol. The van der Waals surface area contributed by atoms with Gasteiger partial charge in [-0.25, -0.2) is 0 Å². The van der Waals surface area contributed by atoms with Crippen molar-refractivity contribution in [3.05, 3.63) is 29.6 Å². The number of rotatable bonds is 1. The lowest BCUT2D eigenvalue weighted by Gasteiger charge is -2.27. The van der Waals surface area contributed by atoms with Gasteiger partial charge in [0.05, 0.1) is 5.56 Å². The molecule has 0 aliphatic rings. The summed E-state index contributed by atoms with van der Waals surface area (Å²) in [5.41, 5.74) is -0.243. The number of aromatic nitrogens is 1. The molecule has 1 nitrogen and oxygen atoms in total. The number of nitrogens with zero attached hydrogens (tertiary/aromatic N) is 1. The van der Waals surface area contributed by atoms with E-state index in [1.165, 1.54) is 6.20 Å². The molecular formula is C12H16F3N. The van der Waals surface area contributed by atoms with Crippen LogP contribution in [0.25, 0.3) is 0 Å². The van der Waals surface area contributed by atoms with E-state index in [0.29, 0.717) is 5.69 Å². The molecule has 0 aliphatic carbocycles. The third-order valence-electron chi connectivity index (χ3n) is 2.85. The van der Waals surface area contributed by atoms with Gasteiger partial charge >= 0.3 is 6.18 Å². The van der Waals surface area contributed by atoms with Crippen LogP contribution in [0, 0.1) is 5.41 Å². The molecule has 0 radical (unpaired) electrons. The molecule has 0 amide bonds. The van der Waals surface area contributed by atoms with Crippen LogP contribution in [0.5, 0.6) is 0 Å². The average molecular weight is 231 g/mol. The van der Waals surface area contributed by atoms with E-state index in [2.05, 4.69) is 4.98 Å². The monoisotopic (exact) mass is 231 g/mol. The third-order valence-corrected chi connectivity index (χ3v) is 2.85. The quantitative estimate of drug-likeness (QED) is 0.704. The standard InChI is InChI=1S/C12H16F3N/c1-8(11(2,3)4)10-7-9(5-6-16-10)12(13,14)15/h5-8H,1-4H3. The lowest BCUT2D eigenvalue weighted by atomic mass is 9.80. The van der Waals surface area contributed by atoms with Crippen molar-refractivity contribution in [2.75, 3.05) is 0 Å². The van der Waals surface area contributed by atoms with Crippen LogP contribution in [0.4, 0.5) is 13.2 Å². The maximum absolute atomic E-state index is 12.5. The first-order chi connectivity index (χ1) is 7.12. The van der Waals surface area contributed by atoms with Crippen molar-refractivity contribution in [3.63, 3.8) is 0 Å². The first kappa shape index (κ1) is 13.0. The van der Waals surface area contributed by atoms with E-state index in [4.69, 9.17) is 0 Å².